The van der Waals surface area contributed by atoms with E-state index in [0.717, 1.165) is 33.9 Å². The second-order valence-corrected chi connectivity index (χ2v) is 12.2. The predicted molar refractivity (Wildman–Crippen MR) is 145 cm³/mol. The van der Waals surface area contributed by atoms with Crippen molar-refractivity contribution in [2.45, 2.75) is 69.0 Å². The molecule has 0 bridgehead atoms. The first-order valence-corrected chi connectivity index (χ1v) is 13.5. The largest absolute Gasteiger partial charge is 0.388 e. The van der Waals surface area contributed by atoms with Crippen molar-refractivity contribution in [3.63, 3.8) is 0 Å². The Kier molecular flexibility index (Phi) is 5.95. The molecule has 0 amide bonds. The molecule has 1 aromatic heterocycles. The minimum Gasteiger partial charge on any atom is -0.388 e. The van der Waals surface area contributed by atoms with Gasteiger partial charge in [0.15, 0.2) is 0 Å². The second-order valence-electron chi connectivity index (χ2n) is 11.9. The van der Waals surface area contributed by atoms with Crippen LogP contribution in [0.25, 0.3) is 16.3 Å². The highest BCUT2D eigenvalue weighted by molar-refractivity contribution is 6.34. The highest BCUT2D eigenvalue weighted by Crippen LogP contribution is 2.60. The number of aromatic nitrogens is 1. The van der Waals surface area contributed by atoms with Gasteiger partial charge in [0, 0.05) is 23.0 Å². The number of allylic oxidation sites excluding steroid dienone is 3. The lowest BCUT2D eigenvalue weighted by Crippen LogP contribution is -2.58. The Balaban J connectivity index is 1.38. The van der Waals surface area contributed by atoms with E-state index >= 15 is 0 Å². The fourth-order valence-electron chi connectivity index (χ4n) is 7.60. The molecule has 4 N–H and O–H groups in total. The van der Waals surface area contributed by atoms with Crippen LogP contribution >= 0.6 is 11.6 Å². The van der Waals surface area contributed by atoms with Gasteiger partial charge >= 0.3 is 0 Å². The van der Waals surface area contributed by atoms with Crippen molar-refractivity contribution >= 4 is 27.9 Å². The Morgan fingerprint density at radius 3 is 2.65 bits per heavy atom. The molecule has 2 aromatic rings. The van der Waals surface area contributed by atoms with Gasteiger partial charge in [0.2, 0.25) is 0 Å². The van der Waals surface area contributed by atoms with E-state index in [1.165, 1.54) is 5.57 Å². The average Bonchev–Trinajstić information content (AvgIpc) is 3.10. The molecule has 1 aromatic carbocycles. The molecule has 0 saturated heterocycles. The van der Waals surface area contributed by atoms with Crippen LogP contribution in [-0.2, 0) is 0 Å². The number of halogens is 1. The summed E-state index contributed by atoms with van der Waals surface area (Å²) in [7, 11) is 3.71. The van der Waals surface area contributed by atoms with Gasteiger partial charge < -0.3 is 25.3 Å². The zero-order chi connectivity index (χ0) is 26.3. The molecule has 7 unspecified atom stereocenters. The minimum atomic E-state index is -1.22. The molecule has 7 atom stereocenters. The quantitative estimate of drug-likeness (QED) is 0.447. The van der Waals surface area contributed by atoms with Crippen LogP contribution in [0.5, 0.6) is 0 Å². The van der Waals surface area contributed by atoms with Crippen LogP contribution in [0.15, 0.2) is 59.3 Å². The number of aliphatic hydroxyl groups excluding tert-OH is 3. The SMILES string of the molecule is CN(C)C1CC2(O)CCC3=C(C=C2C(O)C1O)C(O)CC1(C)C(c2ccc4ccnc(Cl)c4c2)=CCC31. The summed E-state index contributed by atoms with van der Waals surface area (Å²) in [6.45, 7) is 2.24. The number of aliphatic hydroxyl groups is 4. The van der Waals surface area contributed by atoms with Crippen LogP contribution in [-0.4, -0.2) is 74.4 Å². The van der Waals surface area contributed by atoms with Crippen LogP contribution in [0.4, 0.5) is 0 Å². The summed E-state index contributed by atoms with van der Waals surface area (Å²) in [5, 5.41) is 47.6. The van der Waals surface area contributed by atoms with E-state index in [2.05, 4.69) is 36.2 Å². The van der Waals surface area contributed by atoms with E-state index in [4.69, 9.17) is 11.6 Å². The van der Waals surface area contributed by atoms with Gasteiger partial charge in [-0.2, -0.15) is 0 Å². The number of hydrogen-bond acceptors (Lipinski definition) is 6. The van der Waals surface area contributed by atoms with Crippen molar-refractivity contribution in [1.82, 2.24) is 9.88 Å². The summed E-state index contributed by atoms with van der Waals surface area (Å²) >= 11 is 6.42. The van der Waals surface area contributed by atoms with Crippen molar-refractivity contribution in [2.75, 3.05) is 14.1 Å². The third kappa shape index (κ3) is 3.76. The molecule has 6 rings (SSSR count). The number of benzene rings is 1. The smallest absolute Gasteiger partial charge is 0.136 e. The normalized spacial score (nSPS) is 37.6. The number of nitrogens with zero attached hydrogens (tertiary/aromatic N) is 2. The van der Waals surface area contributed by atoms with E-state index in [0.29, 0.717) is 36.4 Å². The van der Waals surface area contributed by atoms with E-state index in [1.807, 2.05) is 31.1 Å². The molecule has 4 aliphatic rings. The lowest BCUT2D eigenvalue weighted by molar-refractivity contribution is -0.0922. The zero-order valence-corrected chi connectivity index (χ0v) is 22.3. The second kappa shape index (κ2) is 8.73. The first kappa shape index (κ1) is 25.2. The molecule has 0 spiro atoms. The van der Waals surface area contributed by atoms with E-state index < -0.39 is 23.9 Å². The van der Waals surface area contributed by atoms with Crippen molar-refractivity contribution in [1.29, 1.82) is 0 Å². The van der Waals surface area contributed by atoms with Gasteiger partial charge in [-0.05, 0) is 91.9 Å². The van der Waals surface area contributed by atoms with E-state index in [1.54, 1.807) is 6.20 Å². The van der Waals surface area contributed by atoms with Crippen LogP contribution in [0, 0.1) is 11.3 Å². The molecule has 1 saturated carbocycles. The third-order valence-electron chi connectivity index (χ3n) is 9.64. The Bertz CT molecular complexity index is 1370. The molecule has 37 heavy (non-hydrogen) atoms. The number of likely N-dealkylation sites (N-methyl/N-ethyl adjacent to an activating group) is 1. The lowest BCUT2D eigenvalue weighted by Gasteiger charge is -2.46. The maximum atomic E-state index is 11.8. The van der Waals surface area contributed by atoms with Crippen LogP contribution in [0.2, 0.25) is 5.15 Å². The molecule has 4 aliphatic carbocycles. The maximum Gasteiger partial charge on any atom is 0.136 e. The topological polar surface area (TPSA) is 97.1 Å². The molecular formula is C30H35ClN2O4. The van der Waals surface area contributed by atoms with E-state index in [9.17, 15) is 20.4 Å². The summed E-state index contributed by atoms with van der Waals surface area (Å²) < 4.78 is 0. The first-order valence-electron chi connectivity index (χ1n) is 13.2. The molecule has 196 valence electrons. The van der Waals surface area contributed by atoms with Gasteiger partial charge in [-0.15, -0.1) is 0 Å². The summed E-state index contributed by atoms with van der Waals surface area (Å²) in [6.07, 6.45) is 5.75. The van der Waals surface area contributed by atoms with Crippen molar-refractivity contribution in [3.05, 3.63) is 70.1 Å². The highest BCUT2D eigenvalue weighted by Gasteiger charge is 2.53. The zero-order valence-electron chi connectivity index (χ0n) is 21.5. The third-order valence-corrected chi connectivity index (χ3v) is 9.94. The maximum absolute atomic E-state index is 11.8. The molecule has 0 radical (unpaired) electrons. The molecular weight excluding hydrogens is 488 g/mol. The Morgan fingerprint density at radius 2 is 1.89 bits per heavy atom. The highest BCUT2D eigenvalue weighted by atomic mass is 35.5. The first-order chi connectivity index (χ1) is 17.5. The molecule has 0 aliphatic heterocycles. The lowest BCUT2D eigenvalue weighted by atomic mass is 9.61. The molecule has 6 nitrogen and oxygen atoms in total. The molecule has 1 heterocycles. The molecule has 1 fully saturated rings. The number of rotatable bonds is 2. The van der Waals surface area contributed by atoms with Gasteiger partial charge in [-0.3, -0.25) is 0 Å². The number of pyridine rings is 1. The number of fused-ring (bicyclic) bond motifs is 4. The van der Waals surface area contributed by atoms with Gasteiger partial charge in [-0.1, -0.05) is 48.4 Å². The van der Waals surface area contributed by atoms with Crippen LogP contribution in [0.3, 0.4) is 0 Å². The minimum absolute atomic E-state index is 0.188. The fraction of sp³-hybridized carbons (Fsp3) is 0.500. The Labute approximate surface area is 222 Å². The summed E-state index contributed by atoms with van der Waals surface area (Å²) in [6, 6.07) is 7.90. The summed E-state index contributed by atoms with van der Waals surface area (Å²) in [5.41, 5.74) is 3.21. The van der Waals surface area contributed by atoms with E-state index in [-0.39, 0.29) is 17.4 Å². The number of hydrogen-bond donors (Lipinski definition) is 4. The van der Waals surface area contributed by atoms with Gasteiger partial charge in [-0.25, -0.2) is 4.98 Å². The Morgan fingerprint density at radius 1 is 1.11 bits per heavy atom. The van der Waals surface area contributed by atoms with Crippen molar-refractivity contribution in [2.24, 2.45) is 11.3 Å². The van der Waals surface area contributed by atoms with Gasteiger partial charge in [0.05, 0.1) is 17.8 Å². The van der Waals surface area contributed by atoms with Crippen molar-refractivity contribution < 1.29 is 20.4 Å². The van der Waals surface area contributed by atoms with Crippen molar-refractivity contribution in [3.8, 4) is 0 Å². The molecule has 7 heteroatoms. The van der Waals surface area contributed by atoms with Crippen LogP contribution in [0.1, 0.15) is 44.6 Å². The van der Waals surface area contributed by atoms with Gasteiger partial charge in [0.1, 0.15) is 11.3 Å². The van der Waals surface area contributed by atoms with Gasteiger partial charge in [0.25, 0.3) is 0 Å². The van der Waals surface area contributed by atoms with Crippen LogP contribution < -0.4 is 0 Å². The monoisotopic (exact) mass is 522 g/mol. The summed E-state index contributed by atoms with van der Waals surface area (Å²) in [4.78, 5) is 6.11. The average molecular weight is 523 g/mol. The summed E-state index contributed by atoms with van der Waals surface area (Å²) in [5.74, 6) is 0.188. The Hall–Kier alpha value is -2.06. The fourth-order valence-corrected chi connectivity index (χ4v) is 7.82. The predicted octanol–water partition coefficient (Wildman–Crippen LogP) is 3.87. The standard InChI is InChI=1S/C30H35ClN2O4/c1-29-15-25(34)20-13-23-26(35)27(36)24(33(2)3)14-30(23,37)10-8-18(20)22(29)7-6-21(29)17-5-4-16-9-11-32-28(31)19(16)12-17/h4-6,9,11-13,22,24-27,34-37H,7-8,10,14-15H2,1-3H3.